The zero-order chi connectivity index (χ0) is 24.6. The minimum Gasteiger partial charge on any atom is -0.306 e. The van der Waals surface area contributed by atoms with E-state index in [1.807, 2.05) is 19.2 Å². The summed E-state index contributed by atoms with van der Waals surface area (Å²) >= 11 is 1.24. The summed E-state index contributed by atoms with van der Waals surface area (Å²) < 4.78 is 2.80. The van der Waals surface area contributed by atoms with Crippen LogP contribution in [0.5, 0.6) is 0 Å². The number of carbonyl (C=O) groups excluding carboxylic acids is 2. The summed E-state index contributed by atoms with van der Waals surface area (Å²) in [5.41, 5.74) is 0. The average molecular weight is 494 g/mol. The highest BCUT2D eigenvalue weighted by molar-refractivity contribution is 7.98. The monoisotopic (exact) mass is 493 g/mol. The van der Waals surface area contributed by atoms with Crippen LogP contribution in [0.3, 0.4) is 0 Å². The van der Waals surface area contributed by atoms with E-state index in [0.29, 0.717) is 6.54 Å². The summed E-state index contributed by atoms with van der Waals surface area (Å²) in [5.74, 6) is -0.349. The summed E-state index contributed by atoms with van der Waals surface area (Å²) in [5, 5.41) is 12.0. The molecule has 0 spiro atoms. The fourth-order valence-corrected chi connectivity index (χ4v) is 5.99. The lowest BCUT2D eigenvalue weighted by atomic mass is 9.96. The molecule has 1 saturated heterocycles. The maximum atomic E-state index is 12.5. The molecule has 6 rings (SSSR count). The molecule has 5 aromatic rings. The molecule has 0 aliphatic carbocycles. The summed E-state index contributed by atoms with van der Waals surface area (Å²) in [6.07, 6.45) is 1.79. The molecule has 5 nitrogen and oxygen atoms in total. The van der Waals surface area contributed by atoms with E-state index in [2.05, 4.69) is 81.7 Å². The van der Waals surface area contributed by atoms with Gasteiger partial charge in [-0.1, -0.05) is 48.5 Å². The summed E-state index contributed by atoms with van der Waals surface area (Å²) in [4.78, 5) is 28.1. The Hall–Kier alpha value is -3.61. The molecule has 1 unspecified atom stereocenters. The molecule has 1 atom stereocenters. The lowest BCUT2D eigenvalue weighted by Crippen LogP contribution is -2.45. The van der Waals surface area contributed by atoms with Gasteiger partial charge in [0, 0.05) is 11.4 Å². The number of piperidine rings is 1. The second-order valence-corrected chi connectivity index (χ2v) is 10.5. The van der Waals surface area contributed by atoms with Crippen molar-refractivity contribution in [3.63, 3.8) is 0 Å². The molecular formula is C30H27N3O2S. The fourth-order valence-electron chi connectivity index (χ4n) is 5.30. The molecule has 6 heteroatoms. The zero-order valence-corrected chi connectivity index (χ0v) is 20.9. The first-order valence-corrected chi connectivity index (χ1v) is 13.1. The first-order chi connectivity index (χ1) is 17.5. The van der Waals surface area contributed by atoms with Gasteiger partial charge in [0.15, 0.2) is 0 Å². The lowest BCUT2D eigenvalue weighted by Gasteiger charge is -2.28. The number of amides is 3. The Labute approximate surface area is 214 Å². The van der Waals surface area contributed by atoms with Gasteiger partial charge in [-0.05, 0) is 112 Å². The molecule has 2 N–H and O–H groups in total. The van der Waals surface area contributed by atoms with Gasteiger partial charge >= 0.3 is 6.03 Å². The number of nitrogens with one attached hydrogen (secondary N) is 2. The third-order valence-electron chi connectivity index (χ3n) is 7.15. The zero-order valence-electron chi connectivity index (χ0n) is 20.1. The number of hydrogen-bond acceptors (Lipinski definition) is 4. The highest BCUT2D eigenvalue weighted by atomic mass is 32.2. The van der Waals surface area contributed by atoms with Crippen molar-refractivity contribution >= 4 is 67.0 Å². The molecule has 3 amide bonds. The number of imide groups is 1. The number of hydrogen-bond donors (Lipinski definition) is 2. The van der Waals surface area contributed by atoms with Crippen LogP contribution in [0.4, 0.5) is 4.79 Å². The van der Waals surface area contributed by atoms with Gasteiger partial charge in [0.05, 0.1) is 5.92 Å². The molecule has 1 fully saturated rings. The van der Waals surface area contributed by atoms with E-state index < -0.39 is 6.03 Å². The Morgan fingerprint density at radius 2 is 1.44 bits per heavy atom. The fraction of sp³-hybridized carbons (Fsp3) is 0.200. The number of nitrogens with zero attached hydrogens (tertiary/aromatic N) is 1. The van der Waals surface area contributed by atoms with Gasteiger partial charge in [0.25, 0.3) is 0 Å². The number of likely N-dealkylation sites (tertiary alicyclic amines) is 1. The van der Waals surface area contributed by atoms with Crippen molar-refractivity contribution in [1.82, 2.24) is 14.9 Å². The van der Waals surface area contributed by atoms with Crippen LogP contribution in [-0.4, -0.2) is 37.0 Å². The molecule has 1 aliphatic heterocycles. The number of carbonyl (C=O) groups is 2. The van der Waals surface area contributed by atoms with Crippen molar-refractivity contribution in [3.05, 3.63) is 78.9 Å². The van der Waals surface area contributed by atoms with Gasteiger partial charge in [0.2, 0.25) is 5.91 Å². The Balaban J connectivity index is 1.27. The largest absolute Gasteiger partial charge is 0.331 e. The first-order valence-electron chi connectivity index (χ1n) is 12.3. The normalized spacial score (nSPS) is 16.5. The molecule has 1 aliphatic rings. The second kappa shape index (κ2) is 9.45. The van der Waals surface area contributed by atoms with Gasteiger partial charge < -0.3 is 4.90 Å². The topological polar surface area (TPSA) is 61.4 Å². The quantitative estimate of drug-likeness (QED) is 0.172. The molecule has 0 bridgehead atoms. The lowest BCUT2D eigenvalue weighted by molar-refractivity contribution is -0.125. The van der Waals surface area contributed by atoms with Crippen molar-refractivity contribution in [1.29, 1.82) is 0 Å². The van der Waals surface area contributed by atoms with Crippen LogP contribution >= 0.6 is 11.9 Å². The number of benzene rings is 5. The molecule has 0 saturated carbocycles. The van der Waals surface area contributed by atoms with E-state index in [1.165, 1.54) is 38.9 Å². The predicted molar refractivity (Wildman–Crippen MR) is 149 cm³/mol. The van der Waals surface area contributed by atoms with Crippen molar-refractivity contribution in [2.24, 2.45) is 5.92 Å². The van der Waals surface area contributed by atoms with Crippen LogP contribution in [0.25, 0.3) is 43.1 Å². The van der Waals surface area contributed by atoms with E-state index in [1.54, 1.807) is 0 Å². The minimum absolute atomic E-state index is 0.143. The van der Waals surface area contributed by atoms with Crippen LogP contribution in [0.15, 0.2) is 83.8 Å². The third kappa shape index (κ3) is 4.38. The summed E-state index contributed by atoms with van der Waals surface area (Å²) in [7, 11) is 2.00. The van der Waals surface area contributed by atoms with Crippen LogP contribution in [-0.2, 0) is 4.79 Å². The van der Waals surface area contributed by atoms with Crippen LogP contribution in [0.1, 0.15) is 12.8 Å². The van der Waals surface area contributed by atoms with Gasteiger partial charge in [-0.2, -0.15) is 0 Å². The molecule has 36 heavy (non-hydrogen) atoms. The Morgan fingerprint density at radius 3 is 2.22 bits per heavy atom. The SMILES string of the molecule is CN1CCCC(C(=O)NC(=O)NSc2cccc3cc4c(ccc5cc6ccccc6cc54)cc23)C1. The maximum Gasteiger partial charge on any atom is 0.331 e. The smallest absolute Gasteiger partial charge is 0.306 e. The molecular weight excluding hydrogens is 466 g/mol. The van der Waals surface area contributed by atoms with E-state index in [0.717, 1.165) is 40.4 Å². The van der Waals surface area contributed by atoms with Gasteiger partial charge in [-0.25, -0.2) is 4.79 Å². The Kier molecular flexibility index (Phi) is 5.99. The molecule has 0 aromatic heterocycles. The van der Waals surface area contributed by atoms with E-state index in [9.17, 15) is 9.59 Å². The highest BCUT2D eigenvalue weighted by Gasteiger charge is 2.25. The second-order valence-electron chi connectivity index (χ2n) is 9.66. The Bertz CT molecular complexity index is 1650. The van der Waals surface area contributed by atoms with Crippen LogP contribution in [0.2, 0.25) is 0 Å². The molecule has 5 aromatic carbocycles. The van der Waals surface area contributed by atoms with Crippen LogP contribution in [0, 0.1) is 5.92 Å². The number of urea groups is 1. The standard InChI is InChI=1S/C30H27N3O2S/c1-33-13-5-9-24(18-33)29(34)31-30(35)32-36-28-10-4-8-21-16-26-23(17-27(21)28)12-11-22-14-19-6-2-3-7-20(19)15-25(22)26/h2-4,6-8,10-12,14-17,24H,5,9,13,18H2,1H3,(H2,31,32,34,35). The Morgan fingerprint density at radius 1 is 0.806 bits per heavy atom. The minimum atomic E-state index is -0.478. The first kappa shape index (κ1) is 22.8. The molecule has 1 heterocycles. The van der Waals surface area contributed by atoms with Crippen molar-refractivity contribution in [2.45, 2.75) is 17.7 Å². The molecule has 180 valence electrons. The predicted octanol–water partition coefficient (Wildman–Crippen LogP) is 6.47. The third-order valence-corrected chi connectivity index (χ3v) is 8.01. The van der Waals surface area contributed by atoms with Gasteiger partial charge in [-0.15, -0.1) is 0 Å². The van der Waals surface area contributed by atoms with Crippen molar-refractivity contribution < 1.29 is 9.59 Å². The number of fused-ring (bicyclic) bond motifs is 5. The average Bonchev–Trinajstić information content (AvgIpc) is 2.89. The summed E-state index contributed by atoms with van der Waals surface area (Å²) in [6, 6.07) is 27.3. The maximum absolute atomic E-state index is 12.5. The van der Waals surface area contributed by atoms with E-state index in [-0.39, 0.29) is 11.8 Å². The van der Waals surface area contributed by atoms with E-state index >= 15 is 0 Å². The van der Waals surface area contributed by atoms with Crippen molar-refractivity contribution in [3.8, 4) is 0 Å². The van der Waals surface area contributed by atoms with Gasteiger partial charge in [0.1, 0.15) is 0 Å². The summed E-state index contributed by atoms with van der Waals surface area (Å²) in [6.45, 7) is 1.68. The molecule has 0 radical (unpaired) electrons. The van der Waals surface area contributed by atoms with Crippen molar-refractivity contribution in [2.75, 3.05) is 20.1 Å². The highest BCUT2D eigenvalue weighted by Crippen LogP contribution is 2.35. The van der Waals surface area contributed by atoms with Crippen LogP contribution < -0.4 is 10.0 Å². The number of rotatable bonds is 3. The van der Waals surface area contributed by atoms with Gasteiger partial charge in [-0.3, -0.25) is 14.8 Å². The van der Waals surface area contributed by atoms with E-state index in [4.69, 9.17) is 0 Å².